The molecule has 0 spiro atoms. The lowest BCUT2D eigenvalue weighted by molar-refractivity contribution is -0.114. The minimum atomic E-state index is -0.297. The summed E-state index contributed by atoms with van der Waals surface area (Å²) in [5.74, 6) is -0.130. The summed E-state index contributed by atoms with van der Waals surface area (Å²) in [5, 5.41) is 3.34. The maximum Gasteiger partial charge on any atom is 0.410 e. The van der Waals surface area contributed by atoms with Gasteiger partial charge >= 0.3 is 6.09 Å². The molecular formula is C26H27N5O3S. The van der Waals surface area contributed by atoms with E-state index in [4.69, 9.17) is 4.74 Å². The van der Waals surface area contributed by atoms with Crippen LogP contribution in [-0.4, -0.2) is 57.4 Å². The van der Waals surface area contributed by atoms with Gasteiger partial charge in [0, 0.05) is 50.4 Å². The molecule has 1 atom stereocenters. The number of anilines is 1. The van der Waals surface area contributed by atoms with Crippen molar-refractivity contribution in [3.63, 3.8) is 0 Å². The average Bonchev–Trinajstić information content (AvgIpc) is 3.49. The number of carbonyl (C=O) groups excluding carboxylic acids is 2. The van der Waals surface area contributed by atoms with Crippen LogP contribution < -0.4 is 5.32 Å². The molecule has 5 rings (SSSR count). The number of benzene rings is 1. The van der Waals surface area contributed by atoms with Crippen molar-refractivity contribution in [2.75, 3.05) is 25.0 Å². The Morgan fingerprint density at radius 1 is 1.14 bits per heavy atom. The van der Waals surface area contributed by atoms with Crippen LogP contribution in [0, 0.1) is 0 Å². The van der Waals surface area contributed by atoms with Gasteiger partial charge in [-0.3, -0.25) is 19.6 Å². The third kappa shape index (κ3) is 5.58. The van der Waals surface area contributed by atoms with Crippen LogP contribution >= 0.6 is 11.3 Å². The van der Waals surface area contributed by atoms with E-state index in [9.17, 15) is 9.59 Å². The fourth-order valence-corrected chi connectivity index (χ4v) is 5.42. The number of pyridine rings is 1. The molecule has 3 heterocycles. The summed E-state index contributed by atoms with van der Waals surface area (Å²) in [4.78, 5) is 38.5. The van der Waals surface area contributed by atoms with Crippen LogP contribution in [0.2, 0.25) is 0 Å². The van der Waals surface area contributed by atoms with Crippen molar-refractivity contribution >= 4 is 34.5 Å². The monoisotopic (exact) mass is 489 g/mol. The Labute approximate surface area is 208 Å². The molecule has 1 N–H and O–H groups in total. The lowest BCUT2D eigenvalue weighted by Gasteiger charge is -2.41. The van der Waals surface area contributed by atoms with Crippen molar-refractivity contribution in [2.45, 2.75) is 32.5 Å². The number of ether oxygens (including phenoxy) is 1. The number of hydrogen-bond donors (Lipinski definition) is 1. The van der Waals surface area contributed by atoms with E-state index >= 15 is 0 Å². The maximum absolute atomic E-state index is 13.2. The number of hydrogen-bond acceptors (Lipinski definition) is 7. The highest BCUT2D eigenvalue weighted by Gasteiger charge is 2.35. The molecule has 9 heteroatoms. The lowest BCUT2D eigenvalue weighted by Crippen LogP contribution is -2.55. The third-order valence-electron chi connectivity index (χ3n) is 6.19. The Morgan fingerprint density at radius 3 is 2.80 bits per heavy atom. The Hall–Kier alpha value is -3.56. The van der Waals surface area contributed by atoms with E-state index in [1.165, 1.54) is 29.4 Å². The number of aromatic nitrogens is 2. The first kappa shape index (κ1) is 23.2. The summed E-state index contributed by atoms with van der Waals surface area (Å²) in [5.41, 5.74) is 4.29. The van der Waals surface area contributed by atoms with Crippen molar-refractivity contribution in [2.24, 2.45) is 0 Å². The van der Waals surface area contributed by atoms with E-state index in [2.05, 4.69) is 32.3 Å². The van der Waals surface area contributed by atoms with E-state index < -0.39 is 0 Å². The highest BCUT2D eigenvalue weighted by molar-refractivity contribution is 7.15. The van der Waals surface area contributed by atoms with E-state index in [0.29, 0.717) is 24.8 Å². The summed E-state index contributed by atoms with van der Waals surface area (Å²) in [6.45, 7) is 4.41. The summed E-state index contributed by atoms with van der Waals surface area (Å²) in [6.07, 6.45) is 6.20. The lowest BCUT2D eigenvalue weighted by atomic mass is 10.0. The second-order valence-corrected chi connectivity index (χ2v) is 9.86. The zero-order valence-electron chi connectivity index (χ0n) is 19.5. The normalized spacial score (nSPS) is 17.6. The van der Waals surface area contributed by atoms with Gasteiger partial charge in [-0.05, 0) is 35.3 Å². The SMILES string of the molecule is CC(=O)Nc1ncc(CN2CCN(C(=O)OCc3ccccc3)C(C3=Cc4ncccc4C3)C2)s1. The molecule has 1 aliphatic carbocycles. The minimum absolute atomic E-state index is 0.107. The standard InChI is InChI=1S/C26H27N5O3S/c1-18(32)29-25-28-14-22(35-25)15-30-10-11-31(26(33)34-17-19-6-3-2-4-7-19)24(16-30)21-12-20-8-5-9-27-23(20)13-21/h2-9,13-14,24H,10-12,15-17H2,1H3,(H,28,29,32). The van der Waals surface area contributed by atoms with Crippen molar-refractivity contribution < 1.29 is 14.3 Å². The zero-order valence-corrected chi connectivity index (χ0v) is 20.3. The van der Waals surface area contributed by atoms with Crippen LogP contribution in [0.1, 0.15) is 28.6 Å². The molecule has 35 heavy (non-hydrogen) atoms. The molecule has 1 aliphatic heterocycles. The Kier molecular flexibility index (Phi) is 6.87. The van der Waals surface area contributed by atoms with Gasteiger partial charge in [-0.2, -0.15) is 0 Å². The molecule has 1 saturated heterocycles. The van der Waals surface area contributed by atoms with Gasteiger partial charge in [0.1, 0.15) is 6.61 Å². The molecule has 1 aromatic carbocycles. The van der Waals surface area contributed by atoms with Gasteiger partial charge in [-0.15, -0.1) is 11.3 Å². The first-order chi connectivity index (χ1) is 17.0. The smallest absolute Gasteiger partial charge is 0.410 e. The topological polar surface area (TPSA) is 87.7 Å². The van der Waals surface area contributed by atoms with Gasteiger partial charge < -0.3 is 10.1 Å². The van der Waals surface area contributed by atoms with Gasteiger partial charge in [0.2, 0.25) is 5.91 Å². The quantitative estimate of drug-likeness (QED) is 0.564. The summed E-state index contributed by atoms with van der Waals surface area (Å²) in [6, 6.07) is 13.7. The van der Waals surface area contributed by atoms with Gasteiger partial charge in [0.15, 0.2) is 5.13 Å². The molecule has 180 valence electrons. The predicted molar refractivity (Wildman–Crippen MR) is 135 cm³/mol. The van der Waals surface area contributed by atoms with Crippen molar-refractivity contribution in [1.82, 2.24) is 19.8 Å². The van der Waals surface area contributed by atoms with Crippen LogP contribution in [0.15, 0.2) is 60.4 Å². The first-order valence-electron chi connectivity index (χ1n) is 11.6. The number of nitrogens with one attached hydrogen (secondary N) is 1. The predicted octanol–water partition coefficient (Wildman–Crippen LogP) is 3.96. The van der Waals surface area contributed by atoms with Crippen LogP contribution in [0.25, 0.3) is 6.08 Å². The number of amides is 2. The molecule has 0 saturated carbocycles. The van der Waals surface area contributed by atoms with Crippen LogP contribution in [0.4, 0.5) is 9.93 Å². The van der Waals surface area contributed by atoms with E-state index in [0.717, 1.165) is 29.1 Å². The number of thiazole rings is 1. The van der Waals surface area contributed by atoms with Crippen LogP contribution in [0.5, 0.6) is 0 Å². The summed E-state index contributed by atoms with van der Waals surface area (Å²) >= 11 is 1.48. The highest BCUT2D eigenvalue weighted by Crippen LogP contribution is 2.31. The Morgan fingerprint density at radius 2 is 2.00 bits per heavy atom. The van der Waals surface area contributed by atoms with Gasteiger partial charge in [0.25, 0.3) is 0 Å². The Balaban J connectivity index is 1.30. The zero-order chi connectivity index (χ0) is 24.2. The van der Waals surface area contributed by atoms with Crippen molar-refractivity contribution in [3.8, 4) is 0 Å². The van der Waals surface area contributed by atoms with Crippen LogP contribution in [-0.2, 0) is 29.1 Å². The van der Waals surface area contributed by atoms with Gasteiger partial charge in [-0.1, -0.05) is 36.4 Å². The molecule has 2 aliphatic rings. The fraction of sp³-hybridized carbons (Fsp3) is 0.308. The second-order valence-electron chi connectivity index (χ2n) is 8.74. The highest BCUT2D eigenvalue weighted by atomic mass is 32.1. The van der Waals surface area contributed by atoms with Gasteiger partial charge in [0.05, 0.1) is 11.7 Å². The molecule has 1 unspecified atom stereocenters. The molecule has 2 aromatic heterocycles. The third-order valence-corrected chi connectivity index (χ3v) is 7.09. The minimum Gasteiger partial charge on any atom is -0.445 e. The van der Waals surface area contributed by atoms with Crippen molar-refractivity contribution in [3.05, 3.63) is 82.1 Å². The van der Waals surface area contributed by atoms with E-state index in [-0.39, 0.29) is 24.6 Å². The largest absolute Gasteiger partial charge is 0.445 e. The van der Waals surface area contributed by atoms with E-state index in [1.807, 2.05) is 41.3 Å². The molecule has 1 fully saturated rings. The molecule has 2 amide bonds. The Bertz CT molecular complexity index is 1240. The van der Waals surface area contributed by atoms with Crippen LogP contribution in [0.3, 0.4) is 0 Å². The first-order valence-corrected chi connectivity index (χ1v) is 12.4. The van der Waals surface area contributed by atoms with Gasteiger partial charge in [-0.25, -0.2) is 9.78 Å². The number of nitrogens with zero attached hydrogens (tertiary/aromatic N) is 4. The molecule has 3 aromatic rings. The maximum atomic E-state index is 13.2. The van der Waals surface area contributed by atoms with E-state index in [1.54, 1.807) is 12.4 Å². The average molecular weight is 490 g/mol. The van der Waals surface area contributed by atoms with Crippen molar-refractivity contribution in [1.29, 1.82) is 0 Å². The fourth-order valence-electron chi connectivity index (χ4n) is 4.52. The summed E-state index contributed by atoms with van der Waals surface area (Å²) < 4.78 is 5.71. The molecule has 0 radical (unpaired) electrons. The molecule has 8 nitrogen and oxygen atoms in total. The number of piperazine rings is 1. The number of carbonyl (C=O) groups is 2. The molecule has 0 bridgehead atoms. The number of fused-ring (bicyclic) bond motifs is 1. The molecular weight excluding hydrogens is 462 g/mol. The summed E-state index contributed by atoms with van der Waals surface area (Å²) in [7, 11) is 0. The number of rotatable bonds is 6. The second kappa shape index (κ2) is 10.4.